The van der Waals surface area contributed by atoms with Gasteiger partial charge >= 0.3 is 5.97 Å². The Hall–Kier alpha value is -1.55. The molecule has 0 saturated carbocycles. The summed E-state index contributed by atoms with van der Waals surface area (Å²) in [5, 5.41) is 49.3. The topological polar surface area (TPSA) is 137 Å². The van der Waals surface area contributed by atoms with Crippen molar-refractivity contribution in [3.63, 3.8) is 0 Å². The second-order valence-electron chi connectivity index (χ2n) is 5.04. The molecule has 1 aliphatic heterocycles. The van der Waals surface area contributed by atoms with E-state index >= 15 is 0 Å². The maximum Gasteiger partial charge on any atom is 0.337 e. The van der Waals surface area contributed by atoms with Gasteiger partial charge in [-0.05, 0) is 5.56 Å². The van der Waals surface area contributed by atoms with Crippen LogP contribution >= 0.6 is 0 Å². The van der Waals surface area contributed by atoms with E-state index in [9.17, 15) is 25.2 Å². The molecule has 22 heavy (non-hydrogen) atoms. The predicted molar refractivity (Wildman–Crippen MR) is 71.2 cm³/mol. The second kappa shape index (κ2) is 6.29. The molecule has 1 aromatic carbocycles. The van der Waals surface area contributed by atoms with E-state index in [2.05, 4.69) is 4.74 Å². The summed E-state index contributed by atoms with van der Waals surface area (Å²) >= 11 is 0. The van der Waals surface area contributed by atoms with Crippen molar-refractivity contribution in [1.82, 2.24) is 0 Å². The Labute approximate surface area is 126 Å². The van der Waals surface area contributed by atoms with Gasteiger partial charge < -0.3 is 35.0 Å². The minimum atomic E-state index is -2.41. The zero-order valence-corrected chi connectivity index (χ0v) is 11.8. The van der Waals surface area contributed by atoms with E-state index in [0.717, 1.165) is 7.11 Å². The Morgan fingerprint density at radius 3 is 2.32 bits per heavy atom. The lowest BCUT2D eigenvalue weighted by atomic mass is 9.88. The van der Waals surface area contributed by atoms with Crippen molar-refractivity contribution in [3.8, 4) is 0 Å². The molecule has 0 aromatic heterocycles. The van der Waals surface area contributed by atoms with Crippen LogP contribution in [0.15, 0.2) is 24.3 Å². The first kappa shape index (κ1) is 16.8. The smallest absolute Gasteiger partial charge is 0.337 e. The quantitative estimate of drug-likeness (QED) is 0.403. The third-order valence-electron chi connectivity index (χ3n) is 3.67. The Balaban J connectivity index is 2.38. The standard InChI is InChI=1S/C14H18O8/c1-21-13(19)11-9(16)10(17)12(18)14(20,22-11)8-4-2-7(6-15)3-5-8/h2-5,9-12,15-18,20H,6H2,1H3/t9-,10-,11-,12+,14+/m0/s1. The number of esters is 1. The zero-order valence-electron chi connectivity index (χ0n) is 11.8. The third-order valence-corrected chi connectivity index (χ3v) is 3.67. The Kier molecular flexibility index (Phi) is 4.81. The Morgan fingerprint density at radius 2 is 1.82 bits per heavy atom. The van der Waals surface area contributed by atoms with Gasteiger partial charge in [0.2, 0.25) is 5.79 Å². The average molecular weight is 314 g/mol. The highest BCUT2D eigenvalue weighted by Crippen LogP contribution is 2.36. The molecule has 0 aliphatic carbocycles. The van der Waals surface area contributed by atoms with Crippen LogP contribution in [0.25, 0.3) is 0 Å². The number of aliphatic hydroxyl groups is 5. The van der Waals surface area contributed by atoms with Gasteiger partial charge in [-0.15, -0.1) is 0 Å². The molecule has 1 fully saturated rings. The van der Waals surface area contributed by atoms with Crippen molar-refractivity contribution in [1.29, 1.82) is 0 Å². The highest BCUT2D eigenvalue weighted by Gasteiger charge is 2.56. The number of hydrogen-bond donors (Lipinski definition) is 5. The van der Waals surface area contributed by atoms with Crippen LogP contribution in [0.1, 0.15) is 11.1 Å². The van der Waals surface area contributed by atoms with Gasteiger partial charge in [-0.25, -0.2) is 4.79 Å². The van der Waals surface area contributed by atoms with Gasteiger partial charge in [0.15, 0.2) is 6.10 Å². The third kappa shape index (κ3) is 2.72. The molecular weight excluding hydrogens is 296 g/mol. The predicted octanol–water partition coefficient (Wildman–Crippen LogP) is -2.02. The van der Waals surface area contributed by atoms with E-state index in [0.29, 0.717) is 5.56 Å². The van der Waals surface area contributed by atoms with Crippen LogP contribution in [0, 0.1) is 0 Å². The van der Waals surface area contributed by atoms with Crippen LogP contribution < -0.4 is 0 Å². The fraction of sp³-hybridized carbons (Fsp3) is 0.500. The first-order valence-electron chi connectivity index (χ1n) is 6.57. The van der Waals surface area contributed by atoms with Crippen LogP contribution in [-0.2, 0) is 26.7 Å². The molecule has 1 heterocycles. The van der Waals surface area contributed by atoms with Crippen molar-refractivity contribution in [2.24, 2.45) is 0 Å². The van der Waals surface area contributed by atoms with E-state index in [1.165, 1.54) is 24.3 Å². The van der Waals surface area contributed by atoms with E-state index in [4.69, 9.17) is 9.84 Å². The molecule has 0 bridgehead atoms. The molecular formula is C14H18O8. The summed E-state index contributed by atoms with van der Waals surface area (Å²) in [7, 11) is 1.06. The minimum Gasteiger partial charge on any atom is -0.467 e. The molecule has 8 nitrogen and oxygen atoms in total. The summed E-state index contributed by atoms with van der Waals surface area (Å²) < 4.78 is 9.59. The van der Waals surface area contributed by atoms with Crippen molar-refractivity contribution in [3.05, 3.63) is 35.4 Å². The van der Waals surface area contributed by atoms with Crippen molar-refractivity contribution in [2.45, 2.75) is 36.8 Å². The van der Waals surface area contributed by atoms with E-state index in [1.54, 1.807) is 0 Å². The largest absolute Gasteiger partial charge is 0.467 e. The number of methoxy groups -OCH3 is 1. The van der Waals surface area contributed by atoms with Crippen LogP contribution in [0.4, 0.5) is 0 Å². The van der Waals surface area contributed by atoms with Crippen molar-refractivity contribution >= 4 is 5.97 Å². The first-order valence-corrected chi connectivity index (χ1v) is 6.57. The lowest BCUT2D eigenvalue weighted by Crippen LogP contribution is -2.64. The van der Waals surface area contributed by atoms with Gasteiger partial charge in [0.05, 0.1) is 13.7 Å². The van der Waals surface area contributed by atoms with E-state index < -0.39 is 36.2 Å². The lowest BCUT2D eigenvalue weighted by molar-refractivity contribution is -0.350. The maximum absolute atomic E-state index is 11.6. The van der Waals surface area contributed by atoms with Gasteiger partial charge in [-0.3, -0.25) is 0 Å². The monoisotopic (exact) mass is 314 g/mol. The van der Waals surface area contributed by atoms with Crippen LogP contribution in [0.5, 0.6) is 0 Å². The molecule has 0 radical (unpaired) electrons. The highest BCUT2D eigenvalue weighted by atomic mass is 16.7. The minimum absolute atomic E-state index is 0.0528. The van der Waals surface area contributed by atoms with E-state index in [-0.39, 0.29) is 12.2 Å². The SMILES string of the molecule is COC(=O)[C@H]1O[C@](O)(c2ccc(CO)cc2)[C@H](O)[C@@H](O)[C@@H]1O. The highest BCUT2D eigenvalue weighted by molar-refractivity contribution is 5.75. The molecule has 5 N–H and O–H groups in total. The molecule has 1 aromatic rings. The summed E-state index contributed by atoms with van der Waals surface area (Å²) in [6, 6.07) is 5.70. The van der Waals surface area contributed by atoms with Gasteiger partial charge in [0.1, 0.15) is 18.3 Å². The van der Waals surface area contributed by atoms with Crippen LogP contribution in [0.2, 0.25) is 0 Å². The van der Waals surface area contributed by atoms with E-state index in [1.807, 2.05) is 0 Å². The molecule has 122 valence electrons. The zero-order chi connectivity index (χ0) is 16.5. The average Bonchev–Trinajstić information content (AvgIpc) is 2.55. The summed E-state index contributed by atoms with van der Waals surface area (Å²) in [5.41, 5.74) is 0.611. The number of carbonyl (C=O) groups is 1. The van der Waals surface area contributed by atoms with Crippen molar-refractivity contribution < 1.29 is 39.8 Å². The first-order chi connectivity index (χ1) is 10.3. The fourth-order valence-corrected chi connectivity index (χ4v) is 2.32. The second-order valence-corrected chi connectivity index (χ2v) is 5.04. The molecule has 2 rings (SSSR count). The normalized spacial score (nSPS) is 35.2. The van der Waals surface area contributed by atoms with Crippen LogP contribution in [0.3, 0.4) is 0 Å². The number of benzene rings is 1. The number of hydrogen-bond acceptors (Lipinski definition) is 8. The van der Waals surface area contributed by atoms with Gasteiger partial charge in [0.25, 0.3) is 0 Å². The molecule has 0 spiro atoms. The van der Waals surface area contributed by atoms with Crippen LogP contribution in [-0.4, -0.2) is 63.0 Å². The molecule has 5 atom stereocenters. The summed E-state index contributed by atoms with van der Waals surface area (Å²) in [5.74, 6) is -3.41. The fourth-order valence-electron chi connectivity index (χ4n) is 2.32. The summed E-state index contributed by atoms with van der Waals surface area (Å²) in [6.07, 6.45) is -7.12. The maximum atomic E-state index is 11.6. The number of ether oxygens (including phenoxy) is 2. The molecule has 8 heteroatoms. The van der Waals surface area contributed by atoms with Gasteiger partial charge in [-0.1, -0.05) is 24.3 Å². The molecule has 1 saturated heterocycles. The molecule has 0 unspecified atom stereocenters. The van der Waals surface area contributed by atoms with Crippen molar-refractivity contribution in [2.75, 3.05) is 7.11 Å². The Bertz CT molecular complexity index is 530. The van der Waals surface area contributed by atoms with Gasteiger partial charge in [-0.2, -0.15) is 0 Å². The summed E-state index contributed by atoms with van der Waals surface area (Å²) in [4.78, 5) is 11.6. The molecule has 1 aliphatic rings. The van der Waals surface area contributed by atoms with Gasteiger partial charge in [0, 0.05) is 5.56 Å². The molecule has 0 amide bonds. The number of aliphatic hydroxyl groups excluding tert-OH is 4. The number of rotatable bonds is 3. The summed E-state index contributed by atoms with van der Waals surface area (Å²) in [6.45, 7) is -0.214. The lowest BCUT2D eigenvalue weighted by Gasteiger charge is -2.44. The Morgan fingerprint density at radius 1 is 1.23 bits per heavy atom. The number of carbonyl (C=O) groups excluding carboxylic acids is 1.